The van der Waals surface area contributed by atoms with Crippen LogP contribution in [-0.4, -0.2) is 33.9 Å². The first-order valence-electron chi connectivity index (χ1n) is 6.68. The van der Waals surface area contributed by atoms with E-state index in [1.807, 2.05) is 17.3 Å². The second-order valence-corrected chi connectivity index (χ2v) is 5.13. The Bertz CT molecular complexity index is 433. The van der Waals surface area contributed by atoms with E-state index in [-0.39, 0.29) is 5.91 Å². The summed E-state index contributed by atoms with van der Waals surface area (Å²) < 4.78 is 0. The summed E-state index contributed by atoms with van der Waals surface area (Å²) in [4.78, 5) is 22.3. The van der Waals surface area contributed by atoms with Crippen LogP contribution < -0.4 is 0 Å². The summed E-state index contributed by atoms with van der Waals surface area (Å²) in [7, 11) is 0. The van der Waals surface area contributed by atoms with Gasteiger partial charge in [0, 0.05) is 38.3 Å². The van der Waals surface area contributed by atoms with Gasteiger partial charge in [0.2, 0.25) is 5.91 Å². The molecule has 4 nitrogen and oxygen atoms in total. The van der Waals surface area contributed by atoms with Crippen LogP contribution in [0.15, 0.2) is 12.4 Å². The number of hydrogen-bond acceptors (Lipinski definition) is 3. The van der Waals surface area contributed by atoms with Crippen molar-refractivity contribution in [3.05, 3.63) is 23.8 Å². The van der Waals surface area contributed by atoms with Crippen LogP contribution in [0, 0.1) is 5.92 Å². The summed E-state index contributed by atoms with van der Waals surface area (Å²) in [5.41, 5.74) is 2.14. The summed E-state index contributed by atoms with van der Waals surface area (Å²) >= 11 is 0. The van der Waals surface area contributed by atoms with Gasteiger partial charge in [-0.2, -0.15) is 0 Å². The van der Waals surface area contributed by atoms with Gasteiger partial charge in [-0.25, -0.2) is 0 Å². The number of likely N-dealkylation sites (tertiary alicyclic amines) is 1. The van der Waals surface area contributed by atoms with Crippen molar-refractivity contribution in [1.29, 1.82) is 0 Å². The van der Waals surface area contributed by atoms with Crippen LogP contribution >= 0.6 is 0 Å². The molecule has 1 aliphatic rings. The number of carbonyl (C=O) groups is 1. The van der Waals surface area contributed by atoms with Gasteiger partial charge in [0.25, 0.3) is 0 Å². The fourth-order valence-corrected chi connectivity index (χ4v) is 2.64. The van der Waals surface area contributed by atoms with E-state index in [9.17, 15) is 4.79 Å². The molecule has 18 heavy (non-hydrogen) atoms. The number of rotatable bonds is 2. The molecule has 2 unspecified atom stereocenters. The Morgan fingerprint density at radius 3 is 2.89 bits per heavy atom. The Hall–Kier alpha value is -1.45. The second kappa shape index (κ2) is 5.46. The molecule has 98 valence electrons. The molecule has 0 bridgehead atoms. The van der Waals surface area contributed by atoms with Crippen LogP contribution in [0.3, 0.4) is 0 Å². The number of aromatic nitrogens is 2. The van der Waals surface area contributed by atoms with Crippen molar-refractivity contribution < 1.29 is 4.79 Å². The van der Waals surface area contributed by atoms with E-state index in [1.54, 1.807) is 6.92 Å². The molecule has 1 fully saturated rings. The molecule has 2 heterocycles. The highest BCUT2D eigenvalue weighted by Gasteiger charge is 2.29. The molecule has 0 N–H and O–H groups in total. The van der Waals surface area contributed by atoms with Gasteiger partial charge < -0.3 is 4.90 Å². The molecular formula is C14H21N3O. The number of aryl methyl sites for hydroxylation is 1. The normalized spacial score (nSPS) is 24.1. The highest BCUT2D eigenvalue weighted by atomic mass is 16.2. The molecular weight excluding hydrogens is 226 g/mol. The van der Waals surface area contributed by atoms with Crippen molar-refractivity contribution in [2.24, 2.45) is 5.92 Å². The van der Waals surface area contributed by atoms with Gasteiger partial charge in [-0.05, 0) is 18.8 Å². The standard InChI is InChI=1S/C14H21N3O/c1-4-12-7-15-8-14(16-12)13-5-6-17(11(3)18)9-10(13)2/h7-8,10,13H,4-6,9H2,1-3H3. The van der Waals surface area contributed by atoms with E-state index in [0.29, 0.717) is 11.8 Å². The zero-order valence-corrected chi connectivity index (χ0v) is 11.4. The summed E-state index contributed by atoms with van der Waals surface area (Å²) in [6.45, 7) is 7.60. The lowest BCUT2D eigenvalue weighted by Gasteiger charge is -2.36. The van der Waals surface area contributed by atoms with Gasteiger partial charge in [-0.1, -0.05) is 13.8 Å². The van der Waals surface area contributed by atoms with E-state index >= 15 is 0 Å². The number of hydrogen-bond donors (Lipinski definition) is 0. The maximum absolute atomic E-state index is 11.4. The zero-order valence-electron chi connectivity index (χ0n) is 11.4. The molecule has 1 amide bonds. The minimum atomic E-state index is 0.175. The van der Waals surface area contributed by atoms with Crippen molar-refractivity contribution >= 4 is 5.91 Å². The summed E-state index contributed by atoms with van der Waals surface area (Å²) in [5.74, 6) is 1.05. The topological polar surface area (TPSA) is 46.1 Å². The van der Waals surface area contributed by atoms with Crippen LogP contribution in [0.25, 0.3) is 0 Å². The van der Waals surface area contributed by atoms with E-state index < -0.39 is 0 Å². The Kier molecular flexibility index (Phi) is 3.94. The molecule has 0 saturated carbocycles. The van der Waals surface area contributed by atoms with Crippen molar-refractivity contribution in [3.8, 4) is 0 Å². The Balaban J connectivity index is 2.12. The van der Waals surface area contributed by atoms with Crippen molar-refractivity contribution in [2.45, 2.75) is 39.5 Å². The highest BCUT2D eigenvalue weighted by Crippen LogP contribution is 2.31. The predicted octanol–water partition coefficient (Wildman–Crippen LogP) is 2.01. The third-order valence-corrected chi connectivity index (χ3v) is 3.80. The average molecular weight is 247 g/mol. The number of nitrogens with zero attached hydrogens (tertiary/aromatic N) is 3. The Morgan fingerprint density at radius 2 is 2.28 bits per heavy atom. The Morgan fingerprint density at radius 1 is 1.50 bits per heavy atom. The maximum Gasteiger partial charge on any atom is 0.219 e. The van der Waals surface area contributed by atoms with Crippen LogP contribution in [0.5, 0.6) is 0 Å². The minimum Gasteiger partial charge on any atom is -0.343 e. The number of piperidine rings is 1. The fourth-order valence-electron chi connectivity index (χ4n) is 2.64. The Labute approximate surface area is 108 Å². The summed E-state index contributed by atoms with van der Waals surface area (Å²) in [6, 6.07) is 0. The van der Waals surface area contributed by atoms with Gasteiger partial charge >= 0.3 is 0 Å². The molecule has 2 rings (SSSR count). The zero-order chi connectivity index (χ0) is 13.1. The van der Waals surface area contributed by atoms with Gasteiger partial charge in [-0.3, -0.25) is 14.8 Å². The maximum atomic E-state index is 11.4. The average Bonchev–Trinajstić information content (AvgIpc) is 2.38. The number of carbonyl (C=O) groups excluding carboxylic acids is 1. The number of amides is 1. The first-order valence-corrected chi connectivity index (χ1v) is 6.68. The lowest BCUT2D eigenvalue weighted by Crippen LogP contribution is -2.41. The van der Waals surface area contributed by atoms with Crippen LogP contribution in [0.2, 0.25) is 0 Å². The van der Waals surface area contributed by atoms with Gasteiger partial charge in [0.15, 0.2) is 0 Å². The smallest absolute Gasteiger partial charge is 0.219 e. The van der Waals surface area contributed by atoms with Crippen LogP contribution in [-0.2, 0) is 11.2 Å². The molecule has 1 saturated heterocycles. The first-order chi connectivity index (χ1) is 8.61. The van der Waals surface area contributed by atoms with Crippen LogP contribution in [0.4, 0.5) is 0 Å². The third-order valence-electron chi connectivity index (χ3n) is 3.80. The molecule has 0 radical (unpaired) electrons. The lowest BCUT2D eigenvalue weighted by atomic mass is 9.84. The van der Waals surface area contributed by atoms with E-state index in [1.165, 1.54) is 0 Å². The molecule has 0 aliphatic carbocycles. The van der Waals surface area contributed by atoms with Gasteiger partial charge in [-0.15, -0.1) is 0 Å². The summed E-state index contributed by atoms with van der Waals surface area (Å²) in [6.07, 6.45) is 5.62. The van der Waals surface area contributed by atoms with E-state index in [0.717, 1.165) is 37.3 Å². The van der Waals surface area contributed by atoms with Gasteiger partial charge in [0.1, 0.15) is 0 Å². The predicted molar refractivity (Wildman–Crippen MR) is 70.2 cm³/mol. The van der Waals surface area contributed by atoms with Crippen molar-refractivity contribution in [1.82, 2.24) is 14.9 Å². The molecule has 0 aromatic carbocycles. The minimum absolute atomic E-state index is 0.175. The first kappa shape index (κ1) is 13.0. The van der Waals surface area contributed by atoms with Gasteiger partial charge in [0.05, 0.1) is 11.4 Å². The molecule has 0 spiro atoms. The van der Waals surface area contributed by atoms with Crippen LogP contribution in [0.1, 0.15) is 44.5 Å². The molecule has 1 aromatic rings. The summed E-state index contributed by atoms with van der Waals surface area (Å²) in [5, 5.41) is 0. The van der Waals surface area contributed by atoms with E-state index in [4.69, 9.17) is 0 Å². The molecule has 1 aromatic heterocycles. The monoisotopic (exact) mass is 247 g/mol. The second-order valence-electron chi connectivity index (χ2n) is 5.13. The fraction of sp³-hybridized carbons (Fsp3) is 0.643. The largest absolute Gasteiger partial charge is 0.343 e. The van der Waals surface area contributed by atoms with E-state index in [2.05, 4.69) is 23.8 Å². The third kappa shape index (κ3) is 2.68. The highest BCUT2D eigenvalue weighted by molar-refractivity contribution is 5.73. The molecule has 4 heteroatoms. The quantitative estimate of drug-likeness (QED) is 0.803. The van der Waals surface area contributed by atoms with Crippen molar-refractivity contribution in [3.63, 3.8) is 0 Å². The molecule has 2 atom stereocenters. The van der Waals surface area contributed by atoms with Crippen molar-refractivity contribution in [2.75, 3.05) is 13.1 Å². The lowest BCUT2D eigenvalue weighted by molar-refractivity contribution is -0.130. The SMILES string of the molecule is CCc1cncc(C2CCN(C(C)=O)CC2C)n1. The molecule has 1 aliphatic heterocycles.